The van der Waals surface area contributed by atoms with E-state index < -0.39 is 0 Å². The number of hydrogen-bond acceptors (Lipinski definition) is 4. The van der Waals surface area contributed by atoms with Gasteiger partial charge < -0.3 is 20.3 Å². The second-order valence-corrected chi connectivity index (χ2v) is 13.5. The topological polar surface area (TPSA) is 78.8 Å². The van der Waals surface area contributed by atoms with Crippen LogP contribution in [0.15, 0.2) is 24.3 Å². The predicted octanol–water partition coefficient (Wildman–Crippen LogP) is 5.72. The van der Waals surface area contributed by atoms with Crippen molar-refractivity contribution in [3.63, 3.8) is 0 Å². The average molecular weight is 512 g/mol. The number of carbonyl (C=O) groups is 1. The Morgan fingerprint density at radius 3 is 2.65 bits per heavy atom. The van der Waals surface area contributed by atoms with Crippen LogP contribution in [0.4, 0.5) is 0 Å². The van der Waals surface area contributed by atoms with Crippen LogP contribution in [-0.2, 0) is 11.3 Å². The average Bonchev–Trinajstić information content (AvgIpc) is 3.26. The summed E-state index contributed by atoms with van der Waals surface area (Å²) in [7, 11) is 1.66. The number of rotatable bonds is 7. The molecule has 4 aliphatic carbocycles. The Morgan fingerprint density at radius 1 is 1.08 bits per heavy atom. The van der Waals surface area contributed by atoms with Crippen molar-refractivity contribution in [2.24, 2.45) is 46.3 Å². The minimum Gasteiger partial charge on any atom is -0.496 e. The third-order valence-corrected chi connectivity index (χ3v) is 12.0. The van der Waals surface area contributed by atoms with E-state index in [4.69, 9.17) is 4.74 Å². The second kappa shape index (κ2) is 10.5. The summed E-state index contributed by atoms with van der Waals surface area (Å²) in [6, 6.07) is 7.82. The molecular weight excluding hydrogens is 462 g/mol. The fourth-order valence-corrected chi connectivity index (χ4v) is 9.85. The zero-order valence-corrected chi connectivity index (χ0v) is 23.4. The molecule has 206 valence electrons. The van der Waals surface area contributed by atoms with Gasteiger partial charge in [-0.1, -0.05) is 39.0 Å². The summed E-state index contributed by atoms with van der Waals surface area (Å²) in [5, 5.41) is 25.1. The van der Waals surface area contributed by atoms with E-state index in [-0.39, 0.29) is 28.9 Å². The maximum Gasteiger partial charge on any atom is 0.220 e. The molecule has 4 saturated carbocycles. The Labute approximate surface area is 223 Å². The first-order chi connectivity index (χ1) is 17.7. The van der Waals surface area contributed by atoms with E-state index >= 15 is 0 Å². The van der Waals surface area contributed by atoms with Gasteiger partial charge in [-0.05, 0) is 110 Å². The molecule has 10 atom stereocenters. The molecule has 1 aromatic carbocycles. The van der Waals surface area contributed by atoms with E-state index in [9.17, 15) is 15.0 Å². The Hall–Kier alpha value is -1.59. The third kappa shape index (κ3) is 4.73. The Morgan fingerprint density at radius 2 is 1.86 bits per heavy atom. The van der Waals surface area contributed by atoms with E-state index in [1.165, 1.54) is 25.7 Å². The van der Waals surface area contributed by atoms with Gasteiger partial charge >= 0.3 is 0 Å². The molecule has 0 saturated heterocycles. The smallest absolute Gasteiger partial charge is 0.220 e. The number of benzene rings is 1. The van der Waals surface area contributed by atoms with Crippen LogP contribution in [0.25, 0.3) is 0 Å². The number of methoxy groups -OCH3 is 1. The summed E-state index contributed by atoms with van der Waals surface area (Å²) in [5.41, 5.74) is 1.22. The van der Waals surface area contributed by atoms with Crippen molar-refractivity contribution in [2.75, 3.05) is 7.11 Å². The highest BCUT2D eigenvalue weighted by molar-refractivity contribution is 5.75. The van der Waals surface area contributed by atoms with Crippen LogP contribution in [0.3, 0.4) is 0 Å². The lowest BCUT2D eigenvalue weighted by atomic mass is 9.43. The summed E-state index contributed by atoms with van der Waals surface area (Å²) in [5.74, 6) is 4.25. The summed E-state index contributed by atoms with van der Waals surface area (Å²) in [4.78, 5) is 12.7. The molecule has 4 fully saturated rings. The van der Waals surface area contributed by atoms with E-state index in [2.05, 4.69) is 26.1 Å². The SMILES string of the molecule is COc1ccccc1CNC(=O)CC[C@@H](C)[C@@H]1CC[C@@H]2[C@@H]3CC[C@H]4C[C@H](O)CC[C@]4(C)[C@@H]3C[C@H](O)[C@@]21C. The van der Waals surface area contributed by atoms with Gasteiger partial charge in [0.05, 0.1) is 19.3 Å². The van der Waals surface area contributed by atoms with Gasteiger partial charge in [-0.3, -0.25) is 4.79 Å². The molecule has 0 unspecified atom stereocenters. The van der Waals surface area contributed by atoms with Gasteiger partial charge in [0.15, 0.2) is 0 Å². The first-order valence-corrected chi connectivity index (χ1v) is 14.9. The highest BCUT2D eigenvalue weighted by Gasteiger charge is 2.63. The predicted molar refractivity (Wildman–Crippen MR) is 146 cm³/mol. The maximum atomic E-state index is 12.7. The molecule has 0 aromatic heterocycles. The first-order valence-electron chi connectivity index (χ1n) is 14.9. The van der Waals surface area contributed by atoms with Crippen molar-refractivity contribution >= 4 is 5.91 Å². The van der Waals surface area contributed by atoms with Crippen molar-refractivity contribution < 1.29 is 19.7 Å². The van der Waals surface area contributed by atoms with Crippen LogP contribution in [0.5, 0.6) is 5.75 Å². The quantitative estimate of drug-likeness (QED) is 0.438. The Balaban J connectivity index is 1.21. The molecule has 1 amide bonds. The van der Waals surface area contributed by atoms with Gasteiger partial charge in [-0.2, -0.15) is 0 Å². The molecule has 4 aliphatic rings. The number of amides is 1. The van der Waals surface area contributed by atoms with Crippen LogP contribution < -0.4 is 10.1 Å². The summed E-state index contributed by atoms with van der Waals surface area (Å²) < 4.78 is 5.41. The van der Waals surface area contributed by atoms with Gasteiger partial charge in [0.2, 0.25) is 5.91 Å². The fraction of sp³-hybridized carbons (Fsp3) is 0.781. The van der Waals surface area contributed by atoms with Crippen LogP contribution in [0, 0.1) is 46.3 Å². The Kier molecular flexibility index (Phi) is 7.68. The van der Waals surface area contributed by atoms with Crippen LogP contribution in [0.1, 0.15) is 90.5 Å². The zero-order valence-electron chi connectivity index (χ0n) is 23.4. The normalized spacial score (nSPS) is 41.7. The molecule has 5 nitrogen and oxygen atoms in total. The highest BCUT2D eigenvalue weighted by Crippen LogP contribution is 2.68. The van der Waals surface area contributed by atoms with E-state index in [0.717, 1.165) is 43.4 Å². The molecular formula is C32H49NO4. The molecule has 0 aliphatic heterocycles. The van der Waals surface area contributed by atoms with Crippen molar-refractivity contribution in [3.05, 3.63) is 29.8 Å². The largest absolute Gasteiger partial charge is 0.496 e. The third-order valence-electron chi connectivity index (χ3n) is 12.0. The summed E-state index contributed by atoms with van der Waals surface area (Å²) >= 11 is 0. The molecule has 0 radical (unpaired) electrons. The van der Waals surface area contributed by atoms with Crippen molar-refractivity contribution in [1.82, 2.24) is 5.32 Å². The van der Waals surface area contributed by atoms with Crippen molar-refractivity contribution in [2.45, 2.75) is 104 Å². The molecule has 0 spiro atoms. The minimum absolute atomic E-state index is 0.0498. The maximum absolute atomic E-state index is 12.7. The number of nitrogens with one attached hydrogen (secondary N) is 1. The molecule has 3 N–H and O–H groups in total. The number of hydrogen-bond donors (Lipinski definition) is 3. The lowest BCUT2D eigenvalue weighted by molar-refractivity contribution is -0.174. The standard InChI is InChI=1S/C32H49NO4/c1-20(9-14-30(36)33-19-21-7-5-6-8-28(21)37-4)25-12-13-26-24-11-10-22-17-23(34)15-16-31(22,2)27(24)18-29(35)32(25,26)3/h5-8,20,22-27,29,34-35H,9-19H2,1-4H3,(H,33,36)/t20-,22+,23-,24+,25+,26-,27-,29+,31+,32-/m1/s1. The van der Waals surface area contributed by atoms with Crippen molar-refractivity contribution in [3.8, 4) is 5.75 Å². The van der Waals surface area contributed by atoms with Crippen LogP contribution in [-0.4, -0.2) is 35.4 Å². The zero-order chi connectivity index (χ0) is 26.4. The lowest BCUT2D eigenvalue weighted by Crippen LogP contribution is -2.58. The lowest BCUT2D eigenvalue weighted by Gasteiger charge is -2.62. The van der Waals surface area contributed by atoms with Crippen LogP contribution >= 0.6 is 0 Å². The number of aliphatic hydroxyl groups is 2. The first kappa shape index (κ1) is 27.0. The van der Waals surface area contributed by atoms with Crippen LogP contribution in [0.2, 0.25) is 0 Å². The number of aliphatic hydroxyl groups excluding tert-OH is 2. The Bertz CT molecular complexity index is 966. The molecule has 37 heavy (non-hydrogen) atoms. The number of carbonyl (C=O) groups excluding carboxylic acids is 1. The van der Waals surface area contributed by atoms with Gasteiger partial charge in [0.25, 0.3) is 0 Å². The van der Waals surface area contributed by atoms with Gasteiger partial charge in [-0.15, -0.1) is 0 Å². The number of para-hydroxylation sites is 1. The van der Waals surface area contributed by atoms with Crippen molar-refractivity contribution in [1.29, 1.82) is 0 Å². The van der Waals surface area contributed by atoms with Gasteiger partial charge in [0.1, 0.15) is 5.75 Å². The van der Waals surface area contributed by atoms with Gasteiger partial charge in [0, 0.05) is 18.5 Å². The van der Waals surface area contributed by atoms with Gasteiger partial charge in [-0.25, -0.2) is 0 Å². The van der Waals surface area contributed by atoms with E-state index in [1.807, 2.05) is 24.3 Å². The molecule has 5 rings (SSSR count). The number of ether oxygens (including phenoxy) is 1. The monoisotopic (exact) mass is 511 g/mol. The number of fused-ring (bicyclic) bond motifs is 5. The fourth-order valence-electron chi connectivity index (χ4n) is 9.85. The highest BCUT2D eigenvalue weighted by atomic mass is 16.5. The second-order valence-electron chi connectivity index (χ2n) is 13.5. The van der Waals surface area contributed by atoms with E-state index in [1.54, 1.807) is 7.11 Å². The van der Waals surface area contributed by atoms with E-state index in [0.29, 0.717) is 48.5 Å². The summed E-state index contributed by atoms with van der Waals surface area (Å²) in [6.45, 7) is 7.66. The molecule has 1 aromatic rings. The molecule has 5 heteroatoms. The minimum atomic E-state index is -0.268. The summed E-state index contributed by atoms with van der Waals surface area (Å²) in [6.07, 6.45) is 9.79. The molecule has 0 heterocycles. The molecule has 0 bridgehead atoms.